The van der Waals surface area contributed by atoms with Crippen LogP contribution in [-0.4, -0.2) is 26.3 Å². The molecule has 0 heterocycles. The molecule has 3 N–H and O–H groups in total. The highest BCUT2D eigenvalue weighted by Gasteiger charge is 2.36. The number of rotatable bonds is 6. The Bertz CT molecular complexity index is 329. The highest BCUT2D eigenvalue weighted by atomic mass is 32.2. The summed E-state index contributed by atoms with van der Waals surface area (Å²) in [6.45, 7) is 4.57. The Hall–Kier alpha value is -0.130. The summed E-state index contributed by atoms with van der Waals surface area (Å²) in [6, 6.07) is 0. The Morgan fingerprint density at radius 3 is 2.71 bits per heavy atom. The number of sulfonamides is 1. The first-order chi connectivity index (χ1) is 7.93. The average Bonchev–Trinajstić information content (AvgIpc) is 2.26. The fraction of sp³-hybridized carbons (Fsp3) is 1.00. The van der Waals surface area contributed by atoms with Crippen LogP contribution in [0.2, 0.25) is 0 Å². The third-order valence-electron chi connectivity index (χ3n) is 3.62. The lowest BCUT2D eigenvalue weighted by Crippen LogP contribution is -2.56. The molecule has 5 heteroatoms. The van der Waals surface area contributed by atoms with Crippen LogP contribution in [0.4, 0.5) is 0 Å². The topological polar surface area (TPSA) is 72.2 Å². The molecule has 0 saturated heterocycles. The van der Waals surface area contributed by atoms with E-state index in [4.69, 9.17) is 5.73 Å². The number of unbranched alkanes of at least 4 members (excludes halogenated alkanes) is 1. The molecule has 2 atom stereocenters. The van der Waals surface area contributed by atoms with Crippen molar-refractivity contribution in [3.05, 3.63) is 0 Å². The van der Waals surface area contributed by atoms with Gasteiger partial charge in [0.15, 0.2) is 0 Å². The van der Waals surface area contributed by atoms with Crippen molar-refractivity contribution in [1.82, 2.24) is 4.72 Å². The van der Waals surface area contributed by atoms with Crippen molar-refractivity contribution >= 4 is 10.0 Å². The minimum Gasteiger partial charge on any atom is -0.329 e. The third-order valence-corrected chi connectivity index (χ3v) is 5.19. The largest absolute Gasteiger partial charge is 0.329 e. The zero-order valence-electron chi connectivity index (χ0n) is 11.0. The molecule has 17 heavy (non-hydrogen) atoms. The number of nitrogens with two attached hydrogens (primary N) is 1. The number of hydrogen-bond donors (Lipinski definition) is 2. The van der Waals surface area contributed by atoms with Crippen LogP contribution in [0.3, 0.4) is 0 Å². The molecule has 0 aromatic rings. The van der Waals surface area contributed by atoms with Crippen molar-refractivity contribution in [1.29, 1.82) is 0 Å². The van der Waals surface area contributed by atoms with E-state index in [9.17, 15) is 8.42 Å². The SMILES string of the molecule is CCCCS(=O)(=O)NC1(CN)CCCC(C)C1. The maximum Gasteiger partial charge on any atom is 0.212 e. The first-order valence-corrected chi connectivity index (χ1v) is 8.30. The molecule has 0 radical (unpaired) electrons. The molecule has 1 rings (SSSR count). The van der Waals surface area contributed by atoms with Crippen molar-refractivity contribution < 1.29 is 8.42 Å². The average molecular weight is 262 g/mol. The fourth-order valence-electron chi connectivity index (χ4n) is 2.70. The van der Waals surface area contributed by atoms with E-state index in [2.05, 4.69) is 11.6 Å². The Morgan fingerprint density at radius 2 is 2.18 bits per heavy atom. The van der Waals surface area contributed by atoms with Crippen LogP contribution in [0.15, 0.2) is 0 Å². The van der Waals surface area contributed by atoms with Crippen LogP contribution in [0.1, 0.15) is 52.4 Å². The summed E-state index contributed by atoms with van der Waals surface area (Å²) >= 11 is 0. The smallest absolute Gasteiger partial charge is 0.212 e. The molecule has 4 nitrogen and oxygen atoms in total. The lowest BCUT2D eigenvalue weighted by molar-refractivity contribution is 0.223. The predicted molar refractivity (Wildman–Crippen MR) is 71.2 cm³/mol. The quantitative estimate of drug-likeness (QED) is 0.764. The van der Waals surface area contributed by atoms with Gasteiger partial charge in [0, 0.05) is 12.1 Å². The lowest BCUT2D eigenvalue weighted by Gasteiger charge is -2.39. The van der Waals surface area contributed by atoms with Gasteiger partial charge in [-0.3, -0.25) is 0 Å². The van der Waals surface area contributed by atoms with Crippen molar-refractivity contribution in [3.63, 3.8) is 0 Å². The van der Waals surface area contributed by atoms with E-state index in [0.29, 0.717) is 18.9 Å². The zero-order chi connectivity index (χ0) is 12.9. The summed E-state index contributed by atoms with van der Waals surface area (Å²) in [5.41, 5.74) is 5.42. The Labute approximate surface area is 105 Å². The monoisotopic (exact) mass is 262 g/mol. The number of nitrogens with one attached hydrogen (secondary N) is 1. The highest BCUT2D eigenvalue weighted by Crippen LogP contribution is 2.32. The van der Waals surface area contributed by atoms with Gasteiger partial charge in [-0.2, -0.15) is 0 Å². The summed E-state index contributed by atoms with van der Waals surface area (Å²) in [6.07, 6.45) is 5.60. The van der Waals surface area contributed by atoms with E-state index in [0.717, 1.165) is 25.7 Å². The molecular formula is C12H26N2O2S. The van der Waals surface area contributed by atoms with Gasteiger partial charge in [0.2, 0.25) is 10.0 Å². The van der Waals surface area contributed by atoms with Crippen molar-refractivity contribution in [3.8, 4) is 0 Å². The van der Waals surface area contributed by atoms with Crippen LogP contribution in [0.5, 0.6) is 0 Å². The van der Waals surface area contributed by atoms with E-state index >= 15 is 0 Å². The predicted octanol–water partition coefficient (Wildman–Crippen LogP) is 1.61. The molecule has 0 spiro atoms. The fourth-order valence-corrected chi connectivity index (χ4v) is 4.39. The normalized spacial score (nSPS) is 30.4. The zero-order valence-corrected chi connectivity index (χ0v) is 11.9. The molecule has 0 amide bonds. The first-order valence-electron chi connectivity index (χ1n) is 6.65. The van der Waals surface area contributed by atoms with Gasteiger partial charge >= 0.3 is 0 Å². The van der Waals surface area contributed by atoms with Crippen molar-refractivity contribution in [2.75, 3.05) is 12.3 Å². The first kappa shape index (κ1) is 14.9. The second-order valence-electron chi connectivity index (χ2n) is 5.46. The van der Waals surface area contributed by atoms with Gasteiger partial charge in [-0.25, -0.2) is 13.1 Å². The van der Waals surface area contributed by atoms with Crippen LogP contribution in [0.25, 0.3) is 0 Å². The Morgan fingerprint density at radius 1 is 1.47 bits per heavy atom. The summed E-state index contributed by atoms with van der Waals surface area (Å²) in [5, 5.41) is 0. The van der Waals surface area contributed by atoms with Gasteiger partial charge in [-0.05, 0) is 25.2 Å². The van der Waals surface area contributed by atoms with E-state index < -0.39 is 10.0 Å². The van der Waals surface area contributed by atoms with Crippen molar-refractivity contribution in [2.45, 2.75) is 57.9 Å². The third kappa shape index (κ3) is 4.56. The minimum absolute atomic E-state index is 0.222. The van der Waals surface area contributed by atoms with E-state index in [1.807, 2.05) is 6.92 Å². The summed E-state index contributed by atoms with van der Waals surface area (Å²) < 4.78 is 26.8. The van der Waals surface area contributed by atoms with E-state index in [-0.39, 0.29) is 11.3 Å². The minimum atomic E-state index is -3.17. The van der Waals surface area contributed by atoms with Crippen LogP contribution < -0.4 is 10.5 Å². The van der Waals surface area contributed by atoms with Gasteiger partial charge in [-0.15, -0.1) is 0 Å². The summed E-state index contributed by atoms with van der Waals surface area (Å²) in [7, 11) is -3.17. The van der Waals surface area contributed by atoms with Crippen LogP contribution >= 0.6 is 0 Å². The molecule has 1 fully saturated rings. The molecule has 1 saturated carbocycles. The van der Waals surface area contributed by atoms with Gasteiger partial charge in [0.25, 0.3) is 0 Å². The molecule has 0 aromatic heterocycles. The van der Waals surface area contributed by atoms with Gasteiger partial charge in [0.1, 0.15) is 0 Å². The molecule has 0 aliphatic heterocycles. The molecule has 1 aliphatic rings. The Kier molecular flexibility index (Phi) is 5.41. The van der Waals surface area contributed by atoms with Crippen LogP contribution in [0, 0.1) is 5.92 Å². The summed E-state index contributed by atoms with van der Waals surface area (Å²) in [5.74, 6) is 0.778. The molecule has 1 aliphatic carbocycles. The van der Waals surface area contributed by atoms with E-state index in [1.54, 1.807) is 0 Å². The molecule has 0 bridgehead atoms. The molecule has 2 unspecified atom stereocenters. The second-order valence-corrected chi connectivity index (χ2v) is 7.30. The highest BCUT2D eigenvalue weighted by molar-refractivity contribution is 7.89. The van der Waals surface area contributed by atoms with Gasteiger partial charge < -0.3 is 5.73 Å². The van der Waals surface area contributed by atoms with E-state index in [1.165, 1.54) is 6.42 Å². The van der Waals surface area contributed by atoms with Crippen molar-refractivity contribution in [2.24, 2.45) is 11.7 Å². The van der Waals surface area contributed by atoms with Crippen LogP contribution in [-0.2, 0) is 10.0 Å². The lowest BCUT2D eigenvalue weighted by atomic mass is 9.77. The molecule has 0 aromatic carbocycles. The maximum absolute atomic E-state index is 12.0. The summed E-state index contributed by atoms with van der Waals surface area (Å²) in [4.78, 5) is 0. The number of hydrogen-bond acceptors (Lipinski definition) is 3. The Balaban J connectivity index is 2.68. The van der Waals surface area contributed by atoms with Gasteiger partial charge in [-0.1, -0.05) is 33.1 Å². The molecular weight excluding hydrogens is 236 g/mol. The maximum atomic E-state index is 12.0. The standard InChI is InChI=1S/C12H26N2O2S/c1-3-4-8-17(15,16)14-12(10-13)7-5-6-11(2)9-12/h11,14H,3-10,13H2,1-2H3. The van der Waals surface area contributed by atoms with Gasteiger partial charge in [0.05, 0.1) is 5.75 Å². The second kappa shape index (κ2) is 6.16. The molecule has 102 valence electrons.